The molecule has 1 saturated heterocycles. The van der Waals surface area contributed by atoms with Crippen LogP contribution >= 0.6 is 0 Å². The van der Waals surface area contributed by atoms with Gasteiger partial charge in [0.1, 0.15) is 6.04 Å². The van der Waals surface area contributed by atoms with Crippen molar-refractivity contribution >= 4 is 29.6 Å². The summed E-state index contributed by atoms with van der Waals surface area (Å²) >= 11 is 0. The number of nitrogens with zero attached hydrogens (tertiary/aromatic N) is 2. The molecule has 0 spiro atoms. The number of esters is 1. The predicted octanol–water partition coefficient (Wildman–Crippen LogP) is 2.15. The van der Waals surface area contributed by atoms with Crippen LogP contribution in [0.25, 0.3) is 0 Å². The van der Waals surface area contributed by atoms with Crippen molar-refractivity contribution in [3.8, 4) is 0 Å². The Kier molecular flexibility index (Phi) is 5.47. The fourth-order valence-electron chi connectivity index (χ4n) is 4.47. The lowest BCUT2D eigenvalue weighted by Gasteiger charge is -2.27. The molecule has 3 atom stereocenters. The number of carbonyl (C=O) groups is 5. The number of rotatable bonds is 6. The number of hydrogen-bond donors (Lipinski definition) is 0. The fraction of sp³-hybridized carbons (Fsp3) is 0.435. The lowest BCUT2D eigenvalue weighted by Crippen LogP contribution is -2.48. The maximum Gasteiger partial charge on any atom is 0.331 e. The number of benzene rings is 1. The first-order valence-corrected chi connectivity index (χ1v) is 10.4. The van der Waals surface area contributed by atoms with Gasteiger partial charge in [0.15, 0.2) is 6.73 Å². The zero-order valence-corrected chi connectivity index (χ0v) is 17.4. The van der Waals surface area contributed by atoms with Crippen molar-refractivity contribution in [1.29, 1.82) is 0 Å². The van der Waals surface area contributed by atoms with Gasteiger partial charge >= 0.3 is 5.97 Å². The highest BCUT2D eigenvalue weighted by molar-refractivity contribution is 6.21. The molecule has 8 nitrogen and oxygen atoms in total. The Labute approximate surface area is 179 Å². The Morgan fingerprint density at radius 2 is 1.48 bits per heavy atom. The normalized spacial score (nSPS) is 23.5. The van der Waals surface area contributed by atoms with Gasteiger partial charge in [-0.2, -0.15) is 0 Å². The second-order valence-corrected chi connectivity index (χ2v) is 8.52. The standard InChI is InChI=1S/C23H24N2O6/c1-13(2)11-18(25-21(28)16-9-5-6-10-17(16)22(25)29)23(30)31-12-24-19(26)14-7-3-4-8-15(14)20(24)27/h3-8,13,16-18H,9-12H2,1-2H3. The second-order valence-electron chi connectivity index (χ2n) is 8.52. The number of ether oxygens (including phenoxy) is 1. The molecule has 31 heavy (non-hydrogen) atoms. The van der Waals surface area contributed by atoms with Crippen molar-refractivity contribution in [1.82, 2.24) is 9.80 Å². The monoisotopic (exact) mass is 424 g/mol. The van der Waals surface area contributed by atoms with E-state index in [0.717, 1.165) is 9.80 Å². The number of fused-ring (bicyclic) bond motifs is 2. The summed E-state index contributed by atoms with van der Waals surface area (Å²) in [5, 5.41) is 0. The van der Waals surface area contributed by atoms with Gasteiger partial charge in [-0.05, 0) is 37.3 Å². The van der Waals surface area contributed by atoms with Crippen LogP contribution in [0.3, 0.4) is 0 Å². The summed E-state index contributed by atoms with van der Waals surface area (Å²) < 4.78 is 5.31. The van der Waals surface area contributed by atoms with Crippen LogP contribution in [0.5, 0.6) is 0 Å². The summed E-state index contributed by atoms with van der Waals surface area (Å²) in [5.74, 6) is -3.48. The van der Waals surface area contributed by atoms with Gasteiger partial charge in [-0.25, -0.2) is 9.69 Å². The number of carbonyl (C=O) groups excluding carboxylic acids is 5. The van der Waals surface area contributed by atoms with Gasteiger partial charge in [-0.1, -0.05) is 38.1 Å². The van der Waals surface area contributed by atoms with E-state index in [0.29, 0.717) is 12.8 Å². The second kappa shape index (κ2) is 8.09. The SMILES string of the molecule is CC(C)CC(C(=O)OCN1C(=O)c2ccccc2C1=O)N1C(=O)C2CC=CCC2C1=O. The molecule has 8 heteroatoms. The lowest BCUT2D eigenvalue weighted by atomic mass is 9.85. The zero-order valence-electron chi connectivity index (χ0n) is 17.4. The maximum atomic E-state index is 13.0. The zero-order chi connectivity index (χ0) is 22.3. The molecule has 4 rings (SSSR count). The minimum atomic E-state index is -1.08. The maximum absolute atomic E-state index is 13.0. The van der Waals surface area contributed by atoms with Crippen molar-refractivity contribution in [3.63, 3.8) is 0 Å². The molecule has 0 N–H and O–H groups in total. The number of imide groups is 2. The summed E-state index contributed by atoms with van der Waals surface area (Å²) in [7, 11) is 0. The Bertz CT molecular complexity index is 937. The Balaban J connectivity index is 1.50. The lowest BCUT2D eigenvalue weighted by molar-refractivity contribution is -0.161. The first kappa shape index (κ1) is 21.0. The minimum Gasteiger partial charge on any atom is -0.442 e. The van der Waals surface area contributed by atoms with Crippen LogP contribution < -0.4 is 0 Å². The van der Waals surface area contributed by atoms with E-state index >= 15 is 0 Å². The molecule has 1 aromatic rings. The molecule has 3 unspecified atom stereocenters. The number of amides is 4. The van der Waals surface area contributed by atoms with Crippen LogP contribution in [0.15, 0.2) is 36.4 Å². The van der Waals surface area contributed by atoms with Gasteiger partial charge in [-0.3, -0.25) is 24.1 Å². The summed E-state index contributed by atoms with van der Waals surface area (Å²) in [6, 6.07) is 5.29. The van der Waals surface area contributed by atoms with E-state index in [-0.39, 0.29) is 35.3 Å². The van der Waals surface area contributed by atoms with Crippen molar-refractivity contribution in [2.45, 2.75) is 39.2 Å². The first-order valence-electron chi connectivity index (χ1n) is 10.4. The molecule has 1 aliphatic carbocycles. The topological polar surface area (TPSA) is 101 Å². The van der Waals surface area contributed by atoms with Crippen molar-refractivity contribution < 1.29 is 28.7 Å². The van der Waals surface area contributed by atoms with Gasteiger partial charge in [0, 0.05) is 0 Å². The quantitative estimate of drug-likeness (QED) is 0.394. The van der Waals surface area contributed by atoms with Crippen LogP contribution in [0, 0.1) is 17.8 Å². The molecule has 0 bridgehead atoms. The molecule has 0 radical (unpaired) electrons. The van der Waals surface area contributed by atoms with E-state index in [2.05, 4.69) is 0 Å². The fourth-order valence-corrected chi connectivity index (χ4v) is 4.47. The van der Waals surface area contributed by atoms with Gasteiger partial charge < -0.3 is 4.74 Å². The molecule has 1 fully saturated rings. The van der Waals surface area contributed by atoms with E-state index in [9.17, 15) is 24.0 Å². The smallest absolute Gasteiger partial charge is 0.331 e. The third kappa shape index (κ3) is 3.56. The van der Waals surface area contributed by atoms with Crippen LogP contribution in [0.4, 0.5) is 0 Å². The van der Waals surface area contributed by atoms with E-state index in [1.54, 1.807) is 12.1 Å². The number of allylic oxidation sites excluding steroid dienone is 2. The Morgan fingerprint density at radius 1 is 0.968 bits per heavy atom. The van der Waals surface area contributed by atoms with Crippen LogP contribution in [0.1, 0.15) is 53.8 Å². The van der Waals surface area contributed by atoms with Crippen LogP contribution in [-0.2, 0) is 19.1 Å². The molecular formula is C23H24N2O6. The molecule has 4 amide bonds. The van der Waals surface area contributed by atoms with E-state index in [1.807, 2.05) is 26.0 Å². The van der Waals surface area contributed by atoms with Gasteiger partial charge in [0.25, 0.3) is 11.8 Å². The van der Waals surface area contributed by atoms with E-state index in [4.69, 9.17) is 4.74 Å². The summed E-state index contributed by atoms with van der Waals surface area (Å²) in [4.78, 5) is 65.7. The highest BCUT2D eigenvalue weighted by atomic mass is 16.5. The summed E-state index contributed by atoms with van der Waals surface area (Å²) in [6.07, 6.45) is 4.96. The van der Waals surface area contributed by atoms with E-state index in [1.165, 1.54) is 12.1 Å². The predicted molar refractivity (Wildman–Crippen MR) is 108 cm³/mol. The molecule has 0 saturated carbocycles. The van der Waals surface area contributed by atoms with Crippen molar-refractivity contribution in [2.24, 2.45) is 17.8 Å². The molecule has 3 aliphatic rings. The Hall–Kier alpha value is -3.29. The molecule has 1 aromatic carbocycles. The number of hydrogen-bond acceptors (Lipinski definition) is 6. The van der Waals surface area contributed by atoms with Crippen LogP contribution in [-0.4, -0.2) is 52.2 Å². The van der Waals surface area contributed by atoms with Crippen LogP contribution in [0.2, 0.25) is 0 Å². The summed E-state index contributed by atoms with van der Waals surface area (Å²) in [6.45, 7) is 3.19. The molecule has 0 aromatic heterocycles. The average Bonchev–Trinajstić information content (AvgIpc) is 3.15. The van der Waals surface area contributed by atoms with Gasteiger partial charge in [-0.15, -0.1) is 0 Å². The molecule has 2 aliphatic heterocycles. The highest BCUT2D eigenvalue weighted by Crippen LogP contribution is 2.37. The largest absolute Gasteiger partial charge is 0.442 e. The minimum absolute atomic E-state index is 0.0122. The third-order valence-corrected chi connectivity index (χ3v) is 6.03. The third-order valence-electron chi connectivity index (χ3n) is 6.03. The number of likely N-dealkylation sites (tertiary alicyclic amines) is 1. The Morgan fingerprint density at radius 3 is 1.97 bits per heavy atom. The van der Waals surface area contributed by atoms with Gasteiger partial charge in [0.05, 0.1) is 23.0 Å². The molecular weight excluding hydrogens is 400 g/mol. The first-order chi connectivity index (χ1) is 14.8. The van der Waals surface area contributed by atoms with Crippen molar-refractivity contribution in [3.05, 3.63) is 47.5 Å². The van der Waals surface area contributed by atoms with Gasteiger partial charge in [0.2, 0.25) is 11.8 Å². The average molecular weight is 424 g/mol. The molecule has 162 valence electrons. The molecule has 2 heterocycles. The van der Waals surface area contributed by atoms with Crippen molar-refractivity contribution in [2.75, 3.05) is 6.73 Å². The van der Waals surface area contributed by atoms with E-state index < -0.39 is 42.4 Å². The highest BCUT2D eigenvalue weighted by Gasteiger charge is 2.51. The summed E-state index contributed by atoms with van der Waals surface area (Å²) in [5.41, 5.74) is 0.507.